The quantitative estimate of drug-likeness (QED) is 0.334. The van der Waals surface area contributed by atoms with Gasteiger partial charge in [-0.3, -0.25) is 4.79 Å². The topological polar surface area (TPSA) is 66.5 Å². The van der Waals surface area contributed by atoms with E-state index >= 15 is 0 Å². The van der Waals surface area contributed by atoms with E-state index in [4.69, 9.17) is 0 Å². The van der Waals surface area contributed by atoms with Gasteiger partial charge in [-0.05, 0) is 47.4 Å². The van der Waals surface area contributed by atoms with Gasteiger partial charge >= 0.3 is 0 Å². The maximum absolute atomic E-state index is 14.0. The number of nitrogens with zero attached hydrogens (tertiary/aromatic N) is 1. The molecular formula is C29H27FN2O3S. The molecule has 4 aromatic rings. The maximum Gasteiger partial charge on any atom is 0.241 e. The largest absolute Gasteiger partial charge is 0.333 e. The van der Waals surface area contributed by atoms with Gasteiger partial charge < -0.3 is 4.90 Å². The monoisotopic (exact) mass is 502 g/mol. The summed E-state index contributed by atoms with van der Waals surface area (Å²) in [6.45, 7) is 0.635. The summed E-state index contributed by atoms with van der Waals surface area (Å²) in [5, 5.41) is 0. The highest BCUT2D eigenvalue weighted by atomic mass is 32.2. The Labute approximate surface area is 211 Å². The van der Waals surface area contributed by atoms with Crippen molar-refractivity contribution in [2.75, 3.05) is 0 Å². The predicted molar refractivity (Wildman–Crippen MR) is 138 cm³/mol. The molecule has 1 amide bonds. The van der Waals surface area contributed by atoms with Crippen LogP contribution in [0.15, 0.2) is 120 Å². The van der Waals surface area contributed by atoms with Crippen LogP contribution in [0.4, 0.5) is 4.39 Å². The summed E-state index contributed by atoms with van der Waals surface area (Å²) in [4.78, 5) is 15.5. The molecule has 0 saturated carbocycles. The van der Waals surface area contributed by atoms with Gasteiger partial charge in [-0.1, -0.05) is 91.0 Å². The fraction of sp³-hybridized carbons (Fsp3) is 0.138. The molecule has 0 heterocycles. The lowest BCUT2D eigenvalue weighted by molar-refractivity contribution is -0.134. The van der Waals surface area contributed by atoms with Crippen LogP contribution in [0.3, 0.4) is 0 Å². The van der Waals surface area contributed by atoms with Crippen LogP contribution >= 0.6 is 0 Å². The Morgan fingerprint density at radius 1 is 0.694 bits per heavy atom. The van der Waals surface area contributed by atoms with E-state index < -0.39 is 21.9 Å². The minimum Gasteiger partial charge on any atom is -0.333 e. The third-order valence-electron chi connectivity index (χ3n) is 5.75. The molecule has 36 heavy (non-hydrogen) atoms. The molecule has 184 valence electrons. The molecule has 0 spiro atoms. The van der Waals surface area contributed by atoms with E-state index in [2.05, 4.69) is 4.72 Å². The molecule has 0 saturated heterocycles. The molecule has 0 aliphatic rings. The van der Waals surface area contributed by atoms with Gasteiger partial charge in [0.15, 0.2) is 0 Å². The molecule has 1 unspecified atom stereocenters. The van der Waals surface area contributed by atoms with Crippen LogP contribution in [0.2, 0.25) is 0 Å². The smallest absolute Gasteiger partial charge is 0.241 e. The lowest BCUT2D eigenvalue weighted by Gasteiger charge is -2.28. The third kappa shape index (κ3) is 6.87. The zero-order chi connectivity index (χ0) is 25.4. The lowest BCUT2D eigenvalue weighted by Crippen LogP contribution is -2.49. The Kier molecular flexibility index (Phi) is 8.25. The molecule has 4 rings (SSSR count). The number of halogens is 1. The minimum atomic E-state index is -4.08. The normalized spacial score (nSPS) is 12.1. The first-order valence-corrected chi connectivity index (χ1v) is 13.1. The summed E-state index contributed by atoms with van der Waals surface area (Å²) < 4.78 is 42.4. The molecule has 1 N–H and O–H groups in total. The molecular weight excluding hydrogens is 475 g/mol. The van der Waals surface area contributed by atoms with Gasteiger partial charge in [-0.2, -0.15) is 4.72 Å². The van der Waals surface area contributed by atoms with E-state index in [1.54, 1.807) is 4.90 Å². The molecule has 0 fully saturated rings. The number of sulfonamides is 1. The number of hydrogen-bond donors (Lipinski definition) is 1. The van der Waals surface area contributed by atoms with Gasteiger partial charge in [0.05, 0.1) is 4.90 Å². The van der Waals surface area contributed by atoms with Crippen LogP contribution in [-0.2, 0) is 34.3 Å². The van der Waals surface area contributed by atoms with Gasteiger partial charge in [0, 0.05) is 13.1 Å². The van der Waals surface area contributed by atoms with Crippen LogP contribution in [0.5, 0.6) is 0 Å². The number of hydrogen-bond acceptors (Lipinski definition) is 3. The number of rotatable bonds is 10. The molecule has 5 nitrogen and oxygen atoms in total. The Hall–Kier alpha value is -3.81. The Morgan fingerprint density at radius 2 is 1.14 bits per heavy atom. The van der Waals surface area contributed by atoms with Crippen LogP contribution in [0, 0.1) is 5.82 Å². The molecule has 0 radical (unpaired) electrons. The summed E-state index contributed by atoms with van der Waals surface area (Å²) in [7, 11) is -4.08. The van der Waals surface area contributed by atoms with Crippen molar-refractivity contribution in [3.05, 3.63) is 138 Å². The molecule has 0 aliphatic heterocycles. The summed E-state index contributed by atoms with van der Waals surface area (Å²) in [6, 6.07) is 31.9. The van der Waals surface area contributed by atoms with Gasteiger partial charge in [0.2, 0.25) is 15.9 Å². The fourth-order valence-electron chi connectivity index (χ4n) is 3.94. The van der Waals surface area contributed by atoms with Crippen molar-refractivity contribution < 1.29 is 17.6 Å². The second-order valence-electron chi connectivity index (χ2n) is 8.48. The van der Waals surface area contributed by atoms with E-state index in [1.165, 1.54) is 12.1 Å². The fourth-order valence-corrected chi connectivity index (χ4v) is 5.13. The zero-order valence-corrected chi connectivity index (χ0v) is 20.4. The second-order valence-corrected chi connectivity index (χ2v) is 10.2. The highest BCUT2D eigenvalue weighted by Crippen LogP contribution is 2.17. The Morgan fingerprint density at radius 3 is 1.61 bits per heavy atom. The molecule has 0 bridgehead atoms. The highest BCUT2D eigenvalue weighted by Gasteiger charge is 2.30. The number of benzene rings is 4. The summed E-state index contributed by atoms with van der Waals surface area (Å²) >= 11 is 0. The van der Waals surface area contributed by atoms with Crippen LogP contribution in [0.1, 0.15) is 16.7 Å². The van der Waals surface area contributed by atoms with E-state index in [0.29, 0.717) is 13.1 Å². The van der Waals surface area contributed by atoms with E-state index in [9.17, 15) is 17.6 Å². The predicted octanol–water partition coefficient (Wildman–Crippen LogP) is 4.94. The van der Waals surface area contributed by atoms with E-state index in [-0.39, 0.29) is 17.2 Å². The van der Waals surface area contributed by atoms with E-state index in [1.807, 2.05) is 91.0 Å². The molecule has 0 aliphatic carbocycles. The average molecular weight is 503 g/mol. The molecule has 7 heteroatoms. The number of carbonyl (C=O) groups is 1. The summed E-state index contributed by atoms with van der Waals surface area (Å²) in [6.07, 6.45) is 0.167. The van der Waals surface area contributed by atoms with Crippen LogP contribution in [-0.4, -0.2) is 25.3 Å². The molecule has 4 aromatic carbocycles. The van der Waals surface area contributed by atoms with Crippen molar-refractivity contribution in [3.8, 4) is 0 Å². The number of nitrogens with one attached hydrogen (secondary N) is 1. The molecule has 0 aromatic heterocycles. The third-order valence-corrected chi connectivity index (χ3v) is 7.23. The van der Waals surface area contributed by atoms with Gasteiger partial charge in [-0.25, -0.2) is 12.8 Å². The highest BCUT2D eigenvalue weighted by molar-refractivity contribution is 7.89. The Bertz CT molecular complexity index is 1320. The second kappa shape index (κ2) is 11.7. The summed E-state index contributed by atoms with van der Waals surface area (Å²) in [5.41, 5.74) is 2.68. The Balaban J connectivity index is 1.67. The van der Waals surface area contributed by atoms with E-state index in [0.717, 1.165) is 28.8 Å². The van der Waals surface area contributed by atoms with Gasteiger partial charge in [0.25, 0.3) is 0 Å². The first-order chi connectivity index (χ1) is 17.4. The lowest BCUT2D eigenvalue weighted by atomic mass is 10.0. The number of carbonyl (C=O) groups excluding carboxylic acids is 1. The minimum absolute atomic E-state index is 0.104. The first-order valence-electron chi connectivity index (χ1n) is 11.6. The van der Waals surface area contributed by atoms with Crippen molar-refractivity contribution in [2.24, 2.45) is 0 Å². The van der Waals surface area contributed by atoms with Gasteiger partial charge in [0.1, 0.15) is 11.9 Å². The van der Waals surface area contributed by atoms with Crippen LogP contribution in [0.25, 0.3) is 0 Å². The zero-order valence-electron chi connectivity index (χ0n) is 19.6. The average Bonchev–Trinajstić information content (AvgIpc) is 2.89. The standard InChI is InChI=1S/C29H27FN2O3S/c30-26-16-18-27(19-17-26)36(34,35)31-28(20-23-10-4-1-5-11-23)29(33)32(21-24-12-6-2-7-13-24)22-25-14-8-3-9-15-25/h1-19,28,31H,20-22H2. The SMILES string of the molecule is O=C(C(Cc1ccccc1)NS(=O)(=O)c1ccc(F)cc1)N(Cc1ccccc1)Cc1ccccc1. The molecule has 1 atom stereocenters. The maximum atomic E-state index is 14.0. The van der Waals surface area contributed by atoms with Crippen molar-refractivity contribution in [3.63, 3.8) is 0 Å². The van der Waals surface area contributed by atoms with Crippen molar-refractivity contribution in [1.82, 2.24) is 9.62 Å². The van der Waals surface area contributed by atoms with Crippen molar-refractivity contribution >= 4 is 15.9 Å². The van der Waals surface area contributed by atoms with Gasteiger partial charge in [-0.15, -0.1) is 0 Å². The van der Waals surface area contributed by atoms with Crippen LogP contribution < -0.4 is 4.72 Å². The first kappa shape index (κ1) is 25.3. The number of amides is 1. The van der Waals surface area contributed by atoms with Crippen molar-refractivity contribution in [2.45, 2.75) is 30.4 Å². The summed E-state index contributed by atoms with van der Waals surface area (Å²) in [5.74, 6) is -0.889. The van der Waals surface area contributed by atoms with Crippen molar-refractivity contribution in [1.29, 1.82) is 0 Å².